The normalized spacial score (nSPS) is 12.1. The van der Waals surface area contributed by atoms with Crippen LogP contribution < -0.4 is 11.1 Å². The van der Waals surface area contributed by atoms with Gasteiger partial charge in [-0.25, -0.2) is 0 Å². The van der Waals surface area contributed by atoms with Gasteiger partial charge in [-0.15, -0.1) is 0 Å². The minimum atomic E-state index is -0.661. The van der Waals surface area contributed by atoms with E-state index in [2.05, 4.69) is 5.32 Å². The van der Waals surface area contributed by atoms with E-state index < -0.39 is 11.9 Å². The zero-order chi connectivity index (χ0) is 16.0. The van der Waals surface area contributed by atoms with Crippen LogP contribution in [0.15, 0.2) is 18.2 Å². The first-order valence-corrected chi connectivity index (χ1v) is 6.89. The van der Waals surface area contributed by atoms with Crippen molar-refractivity contribution < 1.29 is 19.8 Å². The average Bonchev–Trinajstić information content (AvgIpc) is 2.38. The molecule has 116 valence electrons. The number of rotatable bonds is 7. The summed E-state index contributed by atoms with van der Waals surface area (Å²) in [5, 5.41) is 21.2. The molecule has 0 aromatic heterocycles. The lowest BCUT2D eigenvalue weighted by Gasteiger charge is -2.17. The number of amides is 2. The summed E-state index contributed by atoms with van der Waals surface area (Å²) in [4.78, 5) is 23.1. The third kappa shape index (κ3) is 5.72. The predicted octanol–water partition coefficient (Wildman–Crippen LogP) is 1.05. The maximum Gasteiger partial charge on any atom is 0.240 e. The Hall–Kier alpha value is -2.24. The van der Waals surface area contributed by atoms with Gasteiger partial charge in [-0.05, 0) is 36.5 Å². The van der Waals surface area contributed by atoms with Gasteiger partial charge in [0.25, 0.3) is 0 Å². The molecule has 0 saturated heterocycles. The highest BCUT2D eigenvalue weighted by molar-refractivity contribution is 5.86. The van der Waals surface area contributed by atoms with Gasteiger partial charge < -0.3 is 21.3 Å². The van der Waals surface area contributed by atoms with Gasteiger partial charge in [0.15, 0.2) is 11.5 Å². The maximum atomic E-state index is 11.8. The van der Waals surface area contributed by atoms with E-state index in [0.717, 1.165) is 5.56 Å². The largest absolute Gasteiger partial charge is 0.504 e. The second-order valence-corrected chi connectivity index (χ2v) is 5.48. The Bertz CT molecular complexity index is 514. The van der Waals surface area contributed by atoms with Crippen molar-refractivity contribution in [2.45, 2.75) is 39.2 Å². The van der Waals surface area contributed by atoms with Crippen molar-refractivity contribution in [2.24, 2.45) is 11.7 Å². The molecule has 1 aromatic carbocycles. The van der Waals surface area contributed by atoms with Gasteiger partial charge in [0, 0.05) is 6.42 Å². The Morgan fingerprint density at radius 1 is 1.24 bits per heavy atom. The van der Waals surface area contributed by atoms with Crippen LogP contribution in [-0.4, -0.2) is 28.1 Å². The van der Waals surface area contributed by atoms with Crippen LogP contribution in [0.2, 0.25) is 0 Å². The van der Waals surface area contributed by atoms with Crippen molar-refractivity contribution in [2.75, 3.05) is 0 Å². The molecule has 0 fully saturated rings. The number of hydrogen-bond donors (Lipinski definition) is 4. The van der Waals surface area contributed by atoms with E-state index in [-0.39, 0.29) is 29.7 Å². The highest BCUT2D eigenvalue weighted by atomic mass is 16.3. The summed E-state index contributed by atoms with van der Waals surface area (Å²) in [5.41, 5.74) is 5.98. The summed E-state index contributed by atoms with van der Waals surface area (Å²) < 4.78 is 0. The Morgan fingerprint density at radius 2 is 1.90 bits per heavy atom. The number of nitrogens with one attached hydrogen (secondary N) is 1. The first-order valence-electron chi connectivity index (χ1n) is 6.89. The van der Waals surface area contributed by atoms with Crippen molar-refractivity contribution in [1.82, 2.24) is 5.32 Å². The Morgan fingerprint density at radius 3 is 2.43 bits per heavy atom. The molecule has 0 spiro atoms. The molecule has 1 aromatic rings. The monoisotopic (exact) mass is 294 g/mol. The van der Waals surface area contributed by atoms with Crippen molar-refractivity contribution in [3.05, 3.63) is 23.8 Å². The van der Waals surface area contributed by atoms with Crippen molar-refractivity contribution in [3.63, 3.8) is 0 Å². The molecular formula is C15H22N2O4. The van der Waals surface area contributed by atoms with E-state index in [1.165, 1.54) is 12.1 Å². The predicted molar refractivity (Wildman–Crippen MR) is 78.7 cm³/mol. The van der Waals surface area contributed by atoms with Gasteiger partial charge in [0.2, 0.25) is 11.8 Å². The minimum Gasteiger partial charge on any atom is -0.504 e. The maximum absolute atomic E-state index is 11.8. The lowest BCUT2D eigenvalue weighted by atomic mass is 10.0. The molecule has 2 amide bonds. The molecule has 6 heteroatoms. The first kappa shape index (κ1) is 16.8. The van der Waals surface area contributed by atoms with E-state index >= 15 is 0 Å². The van der Waals surface area contributed by atoms with Gasteiger partial charge in [-0.2, -0.15) is 0 Å². The molecule has 1 rings (SSSR count). The number of aromatic hydroxyl groups is 2. The molecule has 5 N–H and O–H groups in total. The smallest absolute Gasteiger partial charge is 0.240 e. The Kier molecular flexibility index (Phi) is 6.02. The molecule has 21 heavy (non-hydrogen) atoms. The molecule has 0 radical (unpaired) electrons. The van der Waals surface area contributed by atoms with Crippen LogP contribution in [0, 0.1) is 5.92 Å². The molecule has 0 bridgehead atoms. The van der Waals surface area contributed by atoms with Gasteiger partial charge in [0.1, 0.15) is 6.04 Å². The molecule has 0 unspecified atom stereocenters. The lowest BCUT2D eigenvalue weighted by molar-refractivity contribution is -0.127. The zero-order valence-corrected chi connectivity index (χ0v) is 12.3. The fraction of sp³-hybridized carbons (Fsp3) is 0.467. The molecule has 0 aliphatic carbocycles. The second kappa shape index (κ2) is 7.52. The molecule has 0 saturated carbocycles. The third-order valence-electron chi connectivity index (χ3n) is 3.07. The van der Waals surface area contributed by atoms with Crippen LogP contribution in [0.25, 0.3) is 0 Å². The van der Waals surface area contributed by atoms with E-state index in [1.54, 1.807) is 6.07 Å². The molecule has 0 aliphatic heterocycles. The molecule has 1 atom stereocenters. The minimum absolute atomic E-state index is 0.173. The number of aryl methyl sites for hydroxylation is 1. The standard InChI is InChI=1S/C15H22N2O4/c1-9(2)7-11(15(16)21)17-14(20)6-4-10-3-5-12(18)13(19)8-10/h3,5,8-9,11,18-19H,4,6-7H2,1-2H3,(H2,16,21)(H,17,20)/t11-/m0/s1. The number of primary amides is 1. The molecule has 0 aliphatic rings. The number of carbonyl (C=O) groups is 2. The topological polar surface area (TPSA) is 113 Å². The van der Waals surface area contributed by atoms with Gasteiger partial charge in [-0.3, -0.25) is 9.59 Å². The van der Waals surface area contributed by atoms with E-state index in [0.29, 0.717) is 12.8 Å². The number of phenols is 2. The summed E-state index contributed by atoms with van der Waals surface area (Å²) in [6.45, 7) is 3.89. The second-order valence-electron chi connectivity index (χ2n) is 5.48. The van der Waals surface area contributed by atoms with Crippen LogP contribution in [0.1, 0.15) is 32.3 Å². The van der Waals surface area contributed by atoms with Crippen LogP contribution >= 0.6 is 0 Å². The van der Waals surface area contributed by atoms with Crippen molar-refractivity contribution in [3.8, 4) is 11.5 Å². The SMILES string of the molecule is CC(C)C[C@H](NC(=O)CCc1ccc(O)c(O)c1)C(N)=O. The van der Waals surface area contributed by atoms with Crippen molar-refractivity contribution in [1.29, 1.82) is 0 Å². The summed E-state index contributed by atoms with van der Waals surface area (Å²) >= 11 is 0. The number of phenolic OH excluding ortho intramolecular Hbond substituents is 2. The molecule has 6 nitrogen and oxygen atoms in total. The van der Waals surface area contributed by atoms with Gasteiger partial charge in [0.05, 0.1) is 0 Å². The number of nitrogens with two attached hydrogens (primary N) is 1. The quantitative estimate of drug-likeness (QED) is 0.563. The Labute approximate surface area is 124 Å². The Balaban J connectivity index is 2.52. The summed E-state index contributed by atoms with van der Waals surface area (Å²) in [5.74, 6) is -0.986. The van der Waals surface area contributed by atoms with Crippen LogP contribution in [0.4, 0.5) is 0 Å². The van der Waals surface area contributed by atoms with Crippen LogP contribution in [-0.2, 0) is 16.0 Å². The highest BCUT2D eigenvalue weighted by Gasteiger charge is 2.19. The number of benzene rings is 1. The van der Waals surface area contributed by atoms with Crippen molar-refractivity contribution >= 4 is 11.8 Å². The molecule has 0 heterocycles. The van der Waals surface area contributed by atoms with Gasteiger partial charge >= 0.3 is 0 Å². The number of hydrogen-bond acceptors (Lipinski definition) is 4. The summed E-state index contributed by atoms with van der Waals surface area (Å²) in [6.07, 6.45) is 1.07. The summed E-state index contributed by atoms with van der Waals surface area (Å²) in [7, 11) is 0. The van der Waals surface area contributed by atoms with E-state index in [1.807, 2.05) is 13.8 Å². The first-order chi connectivity index (χ1) is 9.79. The average molecular weight is 294 g/mol. The lowest BCUT2D eigenvalue weighted by Crippen LogP contribution is -2.45. The number of carbonyl (C=O) groups excluding carboxylic acids is 2. The van der Waals surface area contributed by atoms with Crippen LogP contribution in [0.3, 0.4) is 0 Å². The fourth-order valence-corrected chi connectivity index (χ4v) is 1.97. The van der Waals surface area contributed by atoms with Gasteiger partial charge in [-0.1, -0.05) is 19.9 Å². The zero-order valence-electron chi connectivity index (χ0n) is 12.3. The summed E-state index contributed by atoms with van der Waals surface area (Å²) in [6, 6.07) is 3.74. The van der Waals surface area contributed by atoms with E-state index in [4.69, 9.17) is 5.73 Å². The fourth-order valence-electron chi connectivity index (χ4n) is 1.97. The highest BCUT2D eigenvalue weighted by Crippen LogP contribution is 2.25. The third-order valence-corrected chi connectivity index (χ3v) is 3.07. The van der Waals surface area contributed by atoms with Crippen LogP contribution in [0.5, 0.6) is 11.5 Å². The molecular weight excluding hydrogens is 272 g/mol. The van der Waals surface area contributed by atoms with E-state index in [9.17, 15) is 19.8 Å².